The first-order valence-electron chi connectivity index (χ1n) is 9.57. The Morgan fingerprint density at radius 2 is 1.67 bits per heavy atom. The van der Waals surface area contributed by atoms with Crippen LogP contribution in [0.4, 0.5) is 11.4 Å². The molecule has 3 rings (SSSR count). The highest BCUT2D eigenvalue weighted by Gasteiger charge is 2.40. The summed E-state index contributed by atoms with van der Waals surface area (Å²) in [5.74, 6) is -0.0626. The summed E-state index contributed by atoms with van der Waals surface area (Å²) in [6.07, 6.45) is 0. The zero-order valence-electron chi connectivity index (χ0n) is 17.4. The van der Waals surface area contributed by atoms with Gasteiger partial charge in [-0.15, -0.1) is 0 Å². The van der Waals surface area contributed by atoms with E-state index in [2.05, 4.69) is 4.99 Å². The van der Waals surface area contributed by atoms with Crippen molar-refractivity contribution in [2.24, 2.45) is 4.99 Å². The largest absolute Gasteiger partial charge is 0.497 e. The predicted octanol–water partition coefficient (Wildman–Crippen LogP) is 3.42. The topological polar surface area (TPSA) is 86.7 Å². The van der Waals surface area contributed by atoms with Crippen LogP contribution in [-0.4, -0.2) is 45.2 Å². The molecule has 0 aromatic heterocycles. The fourth-order valence-corrected chi connectivity index (χ4v) is 3.23. The van der Waals surface area contributed by atoms with Crippen molar-refractivity contribution in [2.45, 2.75) is 19.9 Å². The first-order chi connectivity index (χ1) is 14.5. The standard InChI is InChI=1S/C22H24N2O6/c1-5-29-21(25)19-17-11-10-16(28-4)13-18(17)23-20(22(26)30-6-2)24(19)14-8-7-9-15(12-14)27-3/h7-13,19H,5-6H2,1-4H3. The molecule has 0 saturated heterocycles. The van der Waals surface area contributed by atoms with E-state index >= 15 is 0 Å². The molecule has 1 atom stereocenters. The fourth-order valence-electron chi connectivity index (χ4n) is 3.23. The van der Waals surface area contributed by atoms with Crippen molar-refractivity contribution in [3.8, 4) is 11.5 Å². The highest BCUT2D eigenvalue weighted by molar-refractivity contribution is 6.42. The molecule has 2 aromatic carbocycles. The second-order valence-corrected chi connectivity index (χ2v) is 6.31. The molecular weight excluding hydrogens is 388 g/mol. The van der Waals surface area contributed by atoms with Crippen LogP contribution in [0.15, 0.2) is 47.5 Å². The molecule has 1 heterocycles. The minimum absolute atomic E-state index is 0.0242. The smallest absolute Gasteiger partial charge is 0.374 e. The lowest BCUT2D eigenvalue weighted by atomic mass is 9.99. The van der Waals surface area contributed by atoms with Gasteiger partial charge in [0, 0.05) is 23.4 Å². The SMILES string of the molecule is CCOC(=O)C1=Nc2cc(OC)ccc2C(C(=O)OCC)N1c1cccc(OC)c1. The molecule has 0 spiro atoms. The van der Waals surface area contributed by atoms with Crippen LogP contribution in [0.5, 0.6) is 11.5 Å². The van der Waals surface area contributed by atoms with E-state index in [1.165, 1.54) is 12.0 Å². The number of amidine groups is 1. The number of nitrogens with zero attached hydrogens (tertiary/aromatic N) is 2. The monoisotopic (exact) mass is 412 g/mol. The number of hydrogen-bond acceptors (Lipinski definition) is 8. The molecular formula is C22H24N2O6. The molecule has 1 aliphatic rings. The number of rotatable bonds is 7. The van der Waals surface area contributed by atoms with Gasteiger partial charge in [0.05, 0.1) is 33.1 Å². The Bertz CT molecular complexity index is 972. The van der Waals surface area contributed by atoms with Gasteiger partial charge in [-0.1, -0.05) is 12.1 Å². The Morgan fingerprint density at radius 1 is 0.967 bits per heavy atom. The van der Waals surface area contributed by atoms with E-state index in [0.29, 0.717) is 28.4 Å². The summed E-state index contributed by atoms with van der Waals surface area (Å²) in [4.78, 5) is 31.9. The summed E-state index contributed by atoms with van der Waals surface area (Å²) < 4.78 is 21.2. The van der Waals surface area contributed by atoms with Crippen molar-refractivity contribution in [3.05, 3.63) is 48.0 Å². The van der Waals surface area contributed by atoms with Crippen LogP contribution in [0.2, 0.25) is 0 Å². The van der Waals surface area contributed by atoms with Crippen LogP contribution in [0.25, 0.3) is 0 Å². The van der Waals surface area contributed by atoms with Gasteiger partial charge in [-0.3, -0.25) is 0 Å². The van der Waals surface area contributed by atoms with Crippen LogP contribution in [0.1, 0.15) is 25.5 Å². The zero-order chi connectivity index (χ0) is 21.7. The molecule has 0 fully saturated rings. The molecule has 0 aliphatic carbocycles. The highest BCUT2D eigenvalue weighted by atomic mass is 16.5. The van der Waals surface area contributed by atoms with Gasteiger partial charge >= 0.3 is 11.9 Å². The van der Waals surface area contributed by atoms with E-state index in [1.807, 2.05) is 0 Å². The molecule has 30 heavy (non-hydrogen) atoms. The Morgan fingerprint density at radius 3 is 2.33 bits per heavy atom. The third kappa shape index (κ3) is 4.07. The van der Waals surface area contributed by atoms with Crippen molar-refractivity contribution >= 4 is 29.1 Å². The number of hydrogen-bond donors (Lipinski definition) is 0. The van der Waals surface area contributed by atoms with E-state index in [4.69, 9.17) is 18.9 Å². The second kappa shape index (κ2) is 9.30. The Hall–Kier alpha value is -3.55. The molecule has 8 nitrogen and oxygen atoms in total. The minimum Gasteiger partial charge on any atom is -0.497 e. The first-order valence-corrected chi connectivity index (χ1v) is 9.57. The fraction of sp³-hybridized carbons (Fsp3) is 0.318. The quantitative estimate of drug-likeness (QED) is 0.644. The number of esters is 2. The van der Waals surface area contributed by atoms with Crippen molar-refractivity contribution in [1.29, 1.82) is 0 Å². The third-order valence-electron chi connectivity index (χ3n) is 4.54. The van der Waals surface area contributed by atoms with E-state index in [-0.39, 0.29) is 19.0 Å². The van der Waals surface area contributed by atoms with E-state index < -0.39 is 18.0 Å². The number of carbonyl (C=O) groups excluding carboxylic acids is 2. The third-order valence-corrected chi connectivity index (χ3v) is 4.54. The summed E-state index contributed by atoms with van der Waals surface area (Å²) in [6.45, 7) is 3.79. The van der Waals surface area contributed by atoms with E-state index in [9.17, 15) is 9.59 Å². The summed E-state index contributed by atoms with van der Waals surface area (Å²) in [5.41, 5.74) is 1.57. The van der Waals surface area contributed by atoms with Gasteiger partial charge in [0.25, 0.3) is 0 Å². The molecule has 0 bridgehead atoms. The van der Waals surface area contributed by atoms with E-state index in [1.54, 1.807) is 63.4 Å². The maximum Gasteiger partial charge on any atom is 0.374 e. The molecule has 8 heteroatoms. The van der Waals surface area contributed by atoms with Gasteiger partial charge in [-0.2, -0.15) is 0 Å². The molecule has 0 amide bonds. The van der Waals surface area contributed by atoms with Gasteiger partial charge in [-0.05, 0) is 32.0 Å². The predicted molar refractivity (Wildman–Crippen MR) is 112 cm³/mol. The van der Waals surface area contributed by atoms with Crippen LogP contribution in [0.3, 0.4) is 0 Å². The van der Waals surface area contributed by atoms with Gasteiger partial charge in [-0.25, -0.2) is 14.6 Å². The zero-order valence-corrected chi connectivity index (χ0v) is 17.4. The Kier molecular flexibility index (Phi) is 6.56. The highest BCUT2D eigenvalue weighted by Crippen LogP contribution is 2.41. The second-order valence-electron chi connectivity index (χ2n) is 6.31. The van der Waals surface area contributed by atoms with E-state index in [0.717, 1.165) is 0 Å². The number of benzene rings is 2. The average molecular weight is 412 g/mol. The number of carbonyl (C=O) groups is 2. The average Bonchev–Trinajstić information content (AvgIpc) is 2.77. The van der Waals surface area contributed by atoms with Crippen molar-refractivity contribution < 1.29 is 28.5 Å². The van der Waals surface area contributed by atoms with Gasteiger partial charge < -0.3 is 23.8 Å². The summed E-state index contributed by atoms with van der Waals surface area (Å²) in [5, 5.41) is 0. The first kappa shape index (κ1) is 21.2. The lowest BCUT2D eigenvalue weighted by Gasteiger charge is -2.35. The van der Waals surface area contributed by atoms with Crippen LogP contribution in [0, 0.1) is 0 Å². The van der Waals surface area contributed by atoms with Gasteiger partial charge in [0.2, 0.25) is 5.84 Å². The lowest BCUT2D eigenvalue weighted by Crippen LogP contribution is -2.46. The van der Waals surface area contributed by atoms with Gasteiger partial charge in [0.15, 0.2) is 6.04 Å². The lowest BCUT2D eigenvalue weighted by molar-refractivity contribution is -0.144. The maximum absolute atomic E-state index is 13.0. The molecule has 0 N–H and O–H groups in total. The molecule has 2 aromatic rings. The Labute approximate surface area is 175 Å². The number of aliphatic imine (C=N–C) groups is 1. The minimum atomic E-state index is -0.935. The summed E-state index contributed by atoms with van der Waals surface area (Å²) in [6, 6.07) is 11.2. The number of methoxy groups -OCH3 is 2. The van der Waals surface area contributed by atoms with Crippen LogP contribution >= 0.6 is 0 Å². The number of fused-ring (bicyclic) bond motifs is 1. The van der Waals surface area contributed by atoms with Crippen molar-refractivity contribution in [1.82, 2.24) is 0 Å². The van der Waals surface area contributed by atoms with Crippen molar-refractivity contribution in [3.63, 3.8) is 0 Å². The van der Waals surface area contributed by atoms with Crippen LogP contribution < -0.4 is 14.4 Å². The number of anilines is 1. The molecule has 1 unspecified atom stereocenters. The summed E-state index contributed by atoms with van der Waals surface area (Å²) in [7, 11) is 3.08. The molecule has 0 radical (unpaired) electrons. The maximum atomic E-state index is 13.0. The number of ether oxygens (including phenoxy) is 4. The summed E-state index contributed by atoms with van der Waals surface area (Å²) >= 11 is 0. The van der Waals surface area contributed by atoms with Gasteiger partial charge in [0.1, 0.15) is 11.5 Å². The molecule has 158 valence electrons. The normalized spacial score (nSPS) is 15.0. The van der Waals surface area contributed by atoms with Crippen LogP contribution in [-0.2, 0) is 19.1 Å². The molecule has 0 saturated carbocycles. The Balaban J connectivity index is 2.24. The van der Waals surface area contributed by atoms with Crippen molar-refractivity contribution in [2.75, 3.05) is 32.3 Å². The molecule has 1 aliphatic heterocycles.